The minimum atomic E-state index is -4.25. The molecule has 2 saturated carbocycles. The Balaban J connectivity index is 1.48. The summed E-state index contributed by atoms with van der Waals surface area (Å²) in [6.45, 7) is 6.63. The maximum Gasteiger partial charge on any atom is 0.287 e. The van der Waals surface area contributed by atoms with E-state index in [9.17, 15) is 26.4 Å². The fraction of sp³-hybridized carbons (Fsp3) is 0.696. The Morgan fingerprint density at radius 1 is 1.22 bits per heavy atom. The van der Waals surface area contributed by atoms with Crippen LogP contribution in [0.25, 0.3) is 0 Å². The number of likely N-dealkylation sites (tertiary alicyclic amines) is 1. The zero-order valence-electron chi connectivity index (χ0n) is 20.8. The van der Waals surface area contributed by atoms with E-state index in [0.29, 0.717) is 12.5 Å². The van der Waals surface area contributed by atoms with Gasteiger partial charge in [-0.15, -0.1) is 15.7 Å². The monoisotopic (exact) mass is 556 g/mol. The zero-order valence-corrected chi connectivity index (χ0v) is 23.2. The Hall–Kier alpha value is -1.83. The first-order chi connectivity index (χ1) is 16.7. The van der Waals surface area contributed by atoms with Crippen molar-refractivity contribution >= 4 is 53.9 Å². The molecule has 1 amide bonds. The summed E-state index contributed by atoms with van der Waals surface area (Å²) in [6, 6.07) is -0.117. The fourth-order valence-corrected chi connectivity index (χ4v) is 9.29. The molecule has 0 aromatic carbocycles. The Morgan fingerprint density at radius 2 is 1.92 bits per heavy atom. The number of nitrogens with one attached hydrogen (secondary N) is 2. The Morgan fingerprint density at radius 3 is 2.58 bits per heavy atom. The third-order valence-corrected chi connectivity index (χ3v) is 11.0. The lowest BCUT2D eigenvalue weighted by Crippen LogP contribution is -2.62. The SMILES string of the molecule is CC(C)(C)CCN1C(=O)C(C2=NS(=O)(=O)c3c(CNS(C)(=O)=O)csc3N2)C(=O)C2C3CCC(C3)C21. The summed E-state index contributed by atoms with van der Waals surface area (Å²) in [4.78, 5) is 29.3. The molecule has 5 rings (SSSR count). The number of carbonyl (C=O) groups excluding carboxylic acids is 2. The van der Waals surface area contributed by atoms with Gasteiger partial charge in [-0.3, -0.25) is 9.59 Å². The van der Waals surface area contributed by atoms with Crippen molar-refractivity contribution < 1.29 is 26.4 Å². The highest BCUT2D eigenvalue weighted by atomic mass is 32.2. The van der Waals surface area contributed by atoms with Crippen LogP contribution in [0.1, 0.15) is 52.0 Å². The summed E-state index contributed by atoms with van der Waals surface area (Å²) in [5.74, 6) is -1.81. The van der Waals surface area contributed by atoms with E-state index in [4.69, 9.17) is 0 Å². The number of nitrogens with zero attached hydrogens (tertiary/aromatic N) is 2. The van der Waals surface area contributed by atoms with Crippen molar-refractivity contribution in [3.63, 3.8) is 0 Å². The summed E-state index contributed by atoms with van der Waals surface area (Å²) in [7, 11) is -7.78. The molecule has 0 spiro atoms. The molecule has 5 atom stereocenters. The number of thiophene rings is 1. The van der Waals surface area contributed by atoms with Crippen LogP contribution in [0.4, 0.5) is 5.00 Å². The van der Waals surface area contributed by atoms with E-state index in [1.807, 2.05) is 4.90 Å². The zero-order chi connectivity index (χ0) is 26.2. The Bertz CT molecular complexity index is 1360. The van der Waals surface area contributed by atoms with E-state index >= 15 is 0 Å². The molecule has 10 nitrogen and oxygen atoms in total. The molecule has 4 aliphatic rings. The first-order valence-electron chi connectivity index (χ1n) is 12.2. The maximum absolute atomic E-state index is 13.8. The number of rotatable bonds is 6. The van der Waals surface area contributed by atoms with Crippen molar-refractivity contribution in [3.8, 4) is 0 Å². The number of ketones is 1. The van der Waals surface area contributed by atoms with Crippen molar-refractivity contribution in [1.82, 2.24) is 9.62 Å². The number of sulfonamides is 2. The van der Waals surface area contributed by atoms with E-state index in [-0.39, 0.29) is 62.8 Å². The average molecular weight is 557 g/mol. The highest BCUT2D eigenvalue weighted by Gasteiger charge is 2.60. The van der Waals surface area contributed by atoms with Crippen LogP contribution < -0.4 is 10.0 Å². The van der Waals surface area contributed by atoms with Gasteiger partial charge in [0.1, 0.15) is 15.7 Å². The fourth-order valence-electron chi connectivity index (χ4n) is 6.23. The number of hydrogen-bond donors (Lipinski definition) is 2. The molecule has 2 bridgehead atoms. The average Bonchev–Trinajstić information content (AvgIpc) is 3.45. The van der Waals surface area contributed by atoms with Gasteiger partial charge in [0.2, 0.25) is 15.9 Å². The van der Waals surface area contributed by atoms with Crippen LogP contribution in [0.2, 0.25) is 0 Å². The number of Topliss-reactive ketones (excluding diaryl/α,β-unsaturated/α-hetero) is 1. The summed E-state index contributed by atoms with van der Waals surface area (Å²) in [5, 5.41) is 4.74. The topological polar surface area (TPSA) is 142 Å². The van der Waals surface area contributed by atoms with Gasteiger partial charge >= 0.3 is 0 Å². The van der Waals surface area contributed by atoms with Gasteiger partial charge in [0, 0.05) is 30.6 Å². The van der Waals surface area contributed by atoms with E-state index in [2.05, 4.69) is 35.2 Å². The molecule has 5 unspecified atom stereocenters. The van der Waals surface area contributed by atoms with Gasteiger partial charge in [-0.25, -0.2) is 13.1 Å². The van der Waals surface area contributed by atoms with Crippen molar-refractivity contribution in [3.05, 3.63) is 10.9 Å². The molecule has 2 aliphatic heterocycles. The first-order valence-corrected chi connectivity index (χ1v) is 16.4. The number of anilines is 1. The van der Waals surface area contributed by atoms with Gasteiger partial charge in [-0.05, 0) is 48.3 Å². The number of fused-ring (bicyclic) bond motifs is 6. The van der Waals surface area contributed by atoms with Crippen molar-refractivity contribution in [2.75, 3.05) is 18.1 Å². The lowest BCUT2D eigenvalue weighted by molar-refractivity contribution is -0.152. The molecular weight excluding hydrogens is 524 g/mol. The molecule has 2 N–H and O–H groups in total. The standard InChI is InChI=1S/C23H32N4O6S3/c1-23(2,3)7-8-27-17-13-6-5-12(9-13)15(17)18(28)16(22(27)29)20-25-21-19(36(32,33)26-20)14(11-34-21)10-24-35(4,30)31/h11-13,15-17,24H,5-10H2,1-4H3,(H,25,26). The molecule has 0 radical (unpaired) electrons. The van der Waals surface area contributed by atoms with Gasteiger partial charge in [0.25, 0.3) is 10.0 Å². The third kappa shape index (κ3) is 4.52. The van der Waals surface area contributed by atoms with Crippen LogP contribution in [0, 0.1) is 29.1 Å². The van der Waals surface area contributed by atoms with E-state index < -0.39 is 26.0 Å². The number of amides is 1. The maximum atomic E-state index is 13.8. The molecule has 3 fully saturated rings. The number of carbonyl (C=O) groups is 2. The van der Waals surface area contributed by atoms with E-state index in [1.54, 1.807) is 0 Å². The van der Waals surface area contributed by atoms with Gasteiger partial charge < -0.3 is 10.2 Å². The lowest BCUT2D eigenvalue weighted by atomic mass is 9.72. The van der Waals surface area contributed by atoms with Crippen molar-refractivity contribution in [1.29, 1.82) is 0 Å². The van der Waals surface area contributed by atoms with Crippen LogP contribution >= 0.6 is 11.3 Å². The predicted octanol–water partition coefficient (Wildman–Crippen LogP) is 2.19. The van der Waals surface area contributed by atoms with E-state index in [1.165, 1.54) is 5.38 Å². The highest BCUT2D eigenvalue weighted by molar-refractivity contribution is 7.91. The largest absolute Gasteiger partial charge is 0.338 e. The van der Waals surface area contributed by atoms with E-state index in [0.717, 1.165) is 43.3 Å². The summed E-state index contributed by atoms with van der Waals surface area (Å²) in [5.41, 5.74) is 0.258. The molecule has 13 heteroatoms. The molecule has 2 aliphatic carbocycles. The number of hydrogen-bond acceptors (Lipinski definition) is 8. The summed E-state index contributed by atoms with van der Waals surface area (Å²) in [6.07, 6.45) is 4.65. The molecule has 36 heavy (non-hydrogen) atoms. The molecule has 198 valence electrons. The molecule has 1 aromatic rings. The smallest absolute Gasteiger partial charge is 0.287 e. The second-order valence-electron chi connectivity index (χ2n) is 11.6. The quantitative estimate of drug-likeness (QED) is 0.512. The molecular formula is C23H32N4O6S3. The summed E-state index contributed by atoms with van der Waals surface area (Å²) >= 11 is 1.08. The summed E-state index contributed by atoms with van der Waals surface area (Å²) < 4.78 is 55.6. The van der Waals surface area contributed by atoms with Gasteiger partial charge in [-0.2, -0.15) is 8.42 Å². The molecule has 1 aromatic heterocycles. The lowest BCUT2D eigenvalue weighted by Gasteiger charge is -2.46. The van der Waals surface area contributed by atoms with Crippen molar-refractivity contribution in [2.45, 2.75) is 63.9 Å². The van der Waals surface area contributed by atoms with Crippen LogP contribution in [0.5, 0.6) is 0 Å². The molecule has 1 saturated heterocycles. The molecule has 3 heterocycles. The second-order valence-corrected chi connectivity index (χ2v) is 15.9. The Kier molecular flexibility index (Phi) is 6.17. The Labute approximate surface area is 216 Å². The van der Waals surface area contributed by atoms with Crippen molar-refractivity contribution in [2.24, 2.45) is 33.5 Å². The minimum Gasteiger partial charge on any atom is -0.338 e. The van der Waals surface area contributed by atoms with Gasteiger partial charge in [0.15, 0.2) is 11.7 Å². The van der Waals surface area contributed by atoms with Gasteiger partial charge in [0.05, 0.1) is 6.26 Å². The number of piperidine rings is 1. The van der Waals surface area contributed by atoms with Gasteiger partial charge in [-0.1, -0.05) is 20.8 Å². The first kappa shape index (κ1) is 25.8. The second kappa shape index (κ2) is 8.60. The highest BCUT2D eigenvalue weighted by Crippen LogP contribution is 2.54. The third-order valence-electron chi connectivity index (χ3n) is 7.81. The van der Waals surface area contributed by atoms with Crippen LogP contribution in [-0.2, 0) is 36.2 Å². The minimum absolute atomic E-state index is 0.00340. The van der Waals surface area contributed by atoms with Crippen LogP contribution in [0.15, 0.2) is 14.7 Å². The number of amidine groups is 1. The predicted molar refractivity (Wildman–Crippen MR) is 137 cm³/mol. The normalized spacial score (nSPS) is 31.2. The van der Waals surface area contributed by atoms with Crippen LogP contribution in [-0.4, -0.2) is 58.1 Å². The van der Waals surface area contributed by atoms with Crippen LogP contribution in [0.3, 0.4) is 0 Å².